The minimum atomic E-state index is -0.370. The molecule has 6 nitrogen and oxygen atoms in total. The topological polar surface area (TPSA) is 58.4 Å². The predicted octanol–water partition coefficient (Wildman–Crippen LogP) is 2.36. The number of likely N-dealkylation sites (N-methyl/N-ethyl adjacent to an activating group) is 1. The largest absolute Gasteiger partial charge is 0.347 e. The van der Waals surface area contributed by atoms with E-state index < -0.39 is 0 Å². The van der Waals surface area contributed by atoms with E-state index in [1.165, 1.54) is 22.7 Å². The van der Waals surface area contributed by atoms with Gasteiger partial charge >= 0.3 is 5.69 Å². The SMILES string of the molecule is CCN1CC(c2ccccc2)CC2(CCN(C(=O)Cn3cccnc3=O)CC2)C1. The molecule has 1 spiro atoms. The van der Waals surface area contributed by atoms with Gasteiger partial charge in [0.05, 0.1) is 0 Å². The monoisotopic (exact) mass is 394 g/mol. The van der Waals surface area contributed by atoms with E-state index in [1.807, 2.05) is 4.90 Å². The third-order valence-electron chi connectivity index (χ3n) is 6.70. The summed E-state index contributed by atoms with van der Waals surface area (Å²) in [6.45, 7) is 7.17. The fourth-order valence-corrected chi connectivity index (χ4v) is 5.04. The van der Waals surface area contributed by atoms with Crippen LogP contribution in [0.4, 0.5) is 0 Å². The third kappa shape index (κ3) is 4.42. The standard InChI is InChI=1S/C23H30N4O2/c1-2-25-16-20(19-7-4-3-5-8-19)15-23(18-25)9-13-26(14-10-23)21(28)17-27-12-6-11-24-22(27)29/h3-8,11-12,20H,2,9-10,13-18H2,1H3. The van der Waals surface area contributed by atoms with Crippen LogP contribution in [0.2, 0.25) is 0 Å². The summed E-state index contributed by atoms with van der Waals surface area (Å²) < 4.78 is 1.39. The molecule has 6 heteroatoms. The number of carbonyl (C=O) groups excluding carboxylic acids is 1. The second-order valence-corrected chi connectivity index (χ2v) is 8.55. The minimum absolute atomic E-state index is 0.0118. The summed E-state index contributed by atoms with van der Waals surface area (Å²) in [7, 11) is 0. The summed E-state index contributed by atoms with van der Waals surface area (Å²) >= 11 is 0. The Hall–Kier alpha value is -2.47. The molecule has 0 radical (unpaired) electrons. The van der Waals surface area contributed by atoms with Crippen molar-refractivity contribution in [2.75, 3.05) is 32.7 Å². The van der Waals surface area contributed by atoms with Gasteiger partial charge in [0.1, 0.15) is 6.54 Å². The van der Waals surface area contributed by atoms with E-state index in [-0.39, 0.29) is 23.6 Å². The Labute approximate surface area is 172 Å². The van der Waals surface area contributed by atoms with Gasteiger partial charge in [0.15, 0.2) is 0 Å². The highest BCUT2D eigenvalue weighted by molar-refractivity contribution is 5.76. The summed E-state index contributed by atoms with van der Waals surface area (Å²) in [6.07, 6.45) is 6.34. The lowest BCUT2D eigenvalue weighted by Gasteiger charge is -2.50. The van der Waals surface area contributed by atoms with Gasteiger partial charge in [-0.3, -0.25) is 9.36 Å². The van der Waals surface area contributed by atoms with E-state index in [0.717, 1.165) is 45.6 Å². The van der Waals surface area contributed by atoms with Gasteiger partial charge in [0.25, 0.3) is 0 Å². The van der Waals surface area contributed by atoms with Crippen LogP contribution in [0.15, 0.2) is 53.6 Å². The van der Waals surface area contributed by atoms with Crippen molar-refractivity contribution in [3.63, 3.8) is 0 Å². The molecule has 29 heavy (non-hydrogen) atoms. The first-order chi connectivity index (χ1) is 14.1. The van der Waals surface area contributed by atoms with Crippen molar-refractivity contribution < 1.29 is 4.79 Å². The number of nitrogens with zero attached hydrogens (tertiary/aromatic N) is 4. The lowest BCUT2D eigenvalue weighted by atomic mass is 9.68. The van der Waals surface area contributed by atoms with Crippen LogP contribution in [0.1, 0.15) is 37.7 Å². The van der Waals surface area contributed by atoms with Crippen molar-refractivity contribution in [3.05, 3.63) is 64.8 Å². The zero-order chi connectivity index (χ0) is 20.3. The van der Waals surface area contributed by atoms with Crippen LogP contribution >= 0.6 is 0 Å². The molecule has 1 aromatic heterocycles. The minimum Gasteiger partial charge on any atom is -0.341 e. The maximum atomic E-state index is 12.7. The molecule has 0 aliphatic carbocycles. The average molecular weight is 395 g/mol. The molecule has 2 saturated heterocycles. The molecule has 3 heterocycles. The normalized spacial score (nSPS) is 22.0. The number of amides is 1. The maximum Gasteiger partial charge on any atom is 0.347 e. The molecule has 2 aliphatic heterocycles. The highest BCUT2D eigenvalue weighted by atomic mass is 16.2. The van der Waals surface area contributed by atoms with Crippen molar-refractivity contribution in [2.24, 2.45) is 5.41 Å². The van der Waals surface area contributed by atoms with E-state index in [1.54, 1.807) is 12.3 Å². The van der Waals surface area contributed by atoms with Gasteiger partial charge in [0.2, 0.25) is 5.91 Å². The smallest absolute Gasteiger partial charge is 0.341 e. The Morgan fingerprint density at radius 1 is 1.17 bits per heavy atom. The summed E-state index contributed by atoms with van der Waals surface area (Å²) in [6, 6.07) is 12.5. The molecule has 1 atom stereocenters. The third-order valence-corrected chi connectivity index (χ3v) is 6.70. The number of benzene rings is 1. The number of hydrogen-bond acceptors (Lipinski definition) is 4. The van der Waals surface area contributed by atoms with Crippen LogP contribution in [0, 0.1) is 5.41 Å². The van der Waals surface area contributed by atoms with Crippen LogP contribution in [-0.2, 0) is 11.3 Å². The first-order valence-corrected chi connectivity index (χ1v) is 10.7. The Bertz CT molecular complexity index is 887. The van der Waals surface area contributed by atoms with E-state index in [9.17, 15) is 9.59 Å². The van der Waals surface area contributed by atoms with Crippen molar-refractivity contribution in [1.82, 2.24) is 19.4 Å². The number of rotatable bonds is 4. The molecule has 2 aromatic rings. The molecular formula is C23H30N4O2. The highest BCUT2D eigenvalue weighted by Gasteiger charge is 2.42. The molecule has 1 amide bonds. The van der Waals surface area contributed by atoms with Crippen LogP contribution in [-0.4, -0.2) is 58.0 Å². The maximum absolute atomic E-state index is 12.7. The van der Waals surface area contributed by atoms with Crippen molar-refractivity contribution in [1.29, 1.82) is 0 Å². The molecule has 0 saturated carbocycles. The molecule has 154 valence electrons. The molecule has 0 N–H and O–H groups in total. The van der Waals surface area contributed by atoms with Crippen molar-refractivity contribution >= 4 is 5.91 Å². The summed E-state index contributed by atoms with van der Waals surface area (Å²) in [5.41, 5.74) is 1.34. The van der Waals surface area contributed by atoms with Crippen molar-refractivity contribution in [2.45, 2.75) is 38.6 Å². The first kappa shape index (κ1) is 19.8. The first-order valence-electron chi connectivity index (χ1n) is 10.7. The van der Waals surface area contributed by atoms with Gasteiger partial charge in [-0.15, -0.1) is 0 Å². The summed E-state index contributed by atoms with van der Waals surface area (Å²) in [4.78, 5) is 32.8. The molecule has 0 bridgehead atoms. The van der Waals surface area contributed by atoms with Gasteiger partial charge in [-0.1, -0.05) is 37.3 Å². The molecule has 1 aromatic carbocycles. The molecule has 2 fully saturated rings. The van der Waals surface area contributed by atoms with Gasteiger partial charge in [-0.25, -0.2) is 9.78 Å². The molecular weight excluding hydrogens is 364 g/mol. The van der Waals surface area contributed by atoms with Crippen LogP contribution < -0.4 is 5.69 Å². The Morgan fingerprint density at radius 2 is 1.93 bits per heavy atom. The van der Waals surface area contributed by atoms with Crippen LogP contribution in [0.3, 0.4) is 0 Å². The number of carbonyl (C=O) groups is 1. The van der Waals surface area contributed by atoms with Crippen LogP contribution in [0.25, 0.3) is 0 Å². The summed E-state index contributed by atoms with van der Waals surface area (Å²) in [5.74, 6) is 0.568. The predicted molar refractivity (Wildman–Crippen MR) is 113 cm³/mol. The van der Waals surface area contributed by atoms with Gasteiger partial charge < -0.3 is 9.80 Å². The van der Waals surface area contributed by atoms with E-state index in [0.29, 0.717) is 5.92 Å². The number of aromatic nitrogens is 2. The lowest BCUT2D eigenvalue weighted by molar-refractivity contribution is -0.135. The lowest BCUT2D eigenvalue weighted by Crippen LogP contribution is -2.53. The second kappa shape index (κ2) is 8.49. The van der Waals surface area contributed by atoms with E-state index in [4.69, 9.17) is 0 Å². The van der Waals surface area contributed by atoms with Gasteiger partial charge in [-0.05, 0) is 48.8 Å². The Kier molecular flexibility index (Phi) is 5.81. The quantitative estimate of drug-likeness (QED) is 0.799. The molecule has 1 unspecified atom stereocenters. The van der Waals surface area contributed by atoms with E-state index in [2.05, 4.69) is 47.1 Å². The van der Waals surface area contributed by atoms with E-state index >= 15 is 0 Å². The highest BCUT2D eigenvalue weighted by Crippen LogP contribution is 2.45. The van der Waals surface area contributed by atoms with Gasteiger partial charge in [-0.2, -0.15) is 0 Å². The average Bonchev–Trinajstić information content (AvgIpc) is 2.76. The van der Waals surface area contributed by atoms with Crippen LogP contribution in [0.5, 0.6) is 0 Å². The fraction of sp³-hybridized carbons (Fsp3) is 0.522. The zero-order valence-electron chi connectivity index (χ0n) is 17.2. The molecule has 2 aliphatic rings. The fourth-order valence-electron chi connectivity index (χ4n) is 5.04. The number of piperidine rings is 2. The van der Waals surface area contributed by atoms with Crippen molar-refractivity contribution in [3.8, 4) is 0 Å². The van der Waals surface area contributed by atoms with Gasteiger partial charge in [0, 0.05) is 38.6 Å². The number of hydrogen-bond donors (Lipinski definition) is 0. The zero-order valence-corrected chi connectivity index (χ0v) is 17.2. The second-order valence-electron chi connectivity index (χ2n) is 8.55. The Morgan fingerprint density at radius 3 is 2.62 bits per heavy atom. The number of likely N-dealkylation sites (tertiary alicyclic amines) is 2. The molecule has 4 rings (SSSR count). The summed E-state index contributed by atoms with van der Waals surface area (Å²) in [5, 5.41) is 0. The Balaban J connectivity index is 1.42.